The number of esters is 1. The number of carbonyl (C=O) groups is 3. The highest BCUT2D eigenvalue weighted by Crippen LogP contribution is 2.36. The fourth-order valence-electron chi connectivity index (χ4n) is 2.57. The van der Waals surface area contributed by atoms with Crippen molar-refractivity contribution in [1.82, 2.24) is 15.6 Å². The van der Waals surface area contributed by atoms with E-state index in [9.17, 15) is 14.4 Å². The molecule has 0 aromatic carbocycles. The second-order valence-electron chi connectivity index (χ2n) is 6.04. The first-order chi connectivity index (χ1) is 12.7. The van der Waals surface area contributed by atoms with Gasteiger partial charge in [0, 0.05) is 6.04 Å². The van der Waals surface area contributed by atoms with Crippen LogP contribution >= 0.6 is 46.4 Å². The molecule has 2 N–H and O–H groups in total. The lowest BCUT2D eigenvalue weighted by Gasteiger charge is -2.23. The molecule has 2 rings (SSSR count). The topological polar surface area (TPSA) is 97.4 Å². The van der Waals surface area contributed by atoms with Crippen LogP contribution in [0.3, 0.4) is 0 Å². The summed E-state index contributed by atoms with van der Waals surface area (Å²) in [6.45, 7) is 1.30. The highest BCUT2D eigenvalue weighted by molar-refractivity contribution is 6.52. The summed E-state index contributed by atoms with van der Waals surface area (Å²) in [5, 5.41) is 4.11. The van der Waals surface area contributed by atoms with E-state index in [2.05, 4.69) is 15.6 Å². The molecule has 1 aliphatic carbocycles. The first kappa shape index (κ1) is 22.0. The summed E-state index contributed by atoms with van der Waals surface area (Å²) in [5.41, 5.74) is -0.387. The lowest BCUT2D eigenvalue weighted by Crippen LogP contribution is -2.48. The number of pyridine rings is 1. The monoisotopic (exact) mass is 455 g/mol. The van der Waals surface area contributed by atoms with Crippen molar-refractivity contribution in [3.05, 3.63) is 25.9 Å². The Morgan fingerprint density at radius 2 is 1.67 bits per heavy atom. The number of aromatic nitrogens is 1. The zero-order chi connectivity index (χ0) is 20.1. The molecule has 1 saturated carbocycles. The number of ether oxygens (including phenoxy) is 1. The molecule has 3 amide bonds. The summed E-state index contributed by atoms with van der Waals surface area (Å²) in [4.78, 5) is 39.9. The molecule has 1 aromatic rings. The molecule has 11 heteroatoms. The predicted octanol–water partition coefficient (Wildman–Crippen LogP) is 4.40. The van der Waals surface area contributed by atoms with Gasteiger partial charge in [-0.15, -0.1) is 0 Å². The van der Waals surface area contributed by atoms with E-state index in [1.807, 2.05) is 0 Å². The Kier molecular flexibility index (Phi) is 7.97. The number of hydrogen-bond acceptors (Lipinski definition) is 5. The third kappa shape index (κ3) is 5.85. The lowest BCUT2D eigenvalue weighted by atomic mass is 9.96. The Morgan fingerprint density at radius 3 is 2.30 bits per heavy atom. The van der Waals surface area contributed by atoms with Crippen molar-refractivity contribution in [3.63, 3.8) is 0 Å². The quantitative estimate of drug-likeness (QED) is 0.516. The van der Waals surface area contributed by atoms with Gasteiger partial charge in [-0.05, 0) is 19.8 Å². The summed E-state index contributed by atoms with van der Waals surface area (Å²) in [5.74, 6) is -1.82. The zero-order valence-electron chi connectivity index (χ0n) is 14.3. The molecule has 0 saturated heterocycles. The van der Waals surface area contributed by atoms with Crippen LogP contribution in [0.15, 0.2) is 0 Å². The van der Waals surface area contributed by atoms with Gasteiger partial charge >= 0.3 is 12.0 Å². The van der Waals surface area contributed by atoms with Crippen LogP contribution in [0.1, 0.15) is 49.5 Å². The molecule has 1 heterocycles. The predicted molar refractivity (Wildman–Crippen MR) is 103 cm³/mol. The number of urea groups is 1. The number of nitrogens with zero attached hydrogens (tertiary/aromatic N) is 1. The number of hydrogen-bond donors (Lipinski definition) is 2. The largest absolute Gasteiger partial charge is 0.448 e. The van der Waals surface area contributed by atoms with Crippen LogP contribution in [0.25, 0.3) is 0 Å². The second kappa shape index (κ2) is 9.78. The van der Waals surface area contributed by atoms with E-state index in [4.69, 9.17) is 51.1 Å². The number of rotatable bonds is 4. The van der Waals surface area contributed by atoms with Gasteiger partial charge in [-0.1, -0.05) is 65.7 Å². The highest BCUT2D eigenvalue weighted by Gasteiger charge is 2.26. The number of carbonyl (C=O) groups excluding carboxylic acids is 3. The molecule has 0 radical (unpaired) electrons. The molecule has 0 bridgehead atoms. The van der Waals surface area contributed by atoms with Crippen LogP contribution in [0.2, 0.25) is 20.2 Å². The molecule has 0 spiro atoms. The van der Waals surface area contributed by atoms with Crippen molar-refractivity contribution in [2.24, 2.45) is 0 Å². The first-order valence-electron chi connectivity index (χ1n) is 8.23. The average Bonchev–Trinajstić information content (AvgIpc) is 2.63. The molecule has 27 heavy (non-hydrogen) atoms. The zero-order valence-corrected chi connectivity index (χ0v) is 17.3. The van der Waals surface area contributed by atoms with E-state index in [-0.39, 0.29) is 32.0 Å². The summed E-state index contributed by atoms with van der Waals surface area (Å²) < 4.78 is 4.98. The molecule has 0 aliphatic heterocycles. The van der Waals surface area contributed by atoms with E-state index in [0.717, 1.165) is 32.1 Å². The van der Waals surface area contributed by atoms with E-state index in [0.29, 0.717) is 0 Å². The fourth-order valence-corrected chi connectivity index (χ4v) is 3.38. The molecular weight excluding hydrogens is 440 g/mol. The Bertz CT molecular complexity index is 754. The number of amides is 3. The molecule has 1 fully saturated rings. The molecule has 148 valence electrons. The average molecular weight is 457 g/mol. The maximum atomic E-state index is 12.2. The standard InChI is InChI=1S/C16H17Cl4N3O4/c1-7(14(24)23-16(26)21-8-5-3-2-4-6-8)27-15(25)12-10(18)9(17)11(19)13(20)22-12/h7-8H,2-6H2,1H3,(H2,21,23,24,26). The van der Waals surface area contributed by atoms with E-state index < -0.39 is 24.0 Å². The van der Waals surface area contributed by atoms with Gasteiger partial charge in [-0.3, -0.25) is 10.1 Å². The van der Waals surface area contributed by atoms with E-state index >= 15 is 0 Å². The highest BCUT2D eigenvalue weighted by atomic mass is 35.5. The van der Waals surface area contributed by atoms with Crippen molar-refractivity contribution in [2.75, 3.05) is 0 Å². The normalized spacial score (nSPS) is 15.7. The lowest BCUT2D eigenvalue weighted by molar-refractivity contribution is -0.127. The van der Waals surface area contributed by atoms with Gasteiger partial charge in [0.1, 0.15) is 5.15 Å². The van der Waals surface area contributed by atoms with Gasteiger partial charge in [-0.25, -0.2) is 14.6 Å². The number of imide groups is 1. The maximum Gasteiger partial charge on any atom is 0.359 e. The van der Waals surface area contributed by atoms with Crippen LogP contribution < -0.4 is 10.6 Å². The Hall–Kier alpha value is -1.28. The van der Waals surface area contributed by atoms with Gasteiger partial charge in [0.2, 0.25) is 0 Å². The van der Waals surface area contributed by atoms with Gasteiger partial charge in [0.25, 0.3) is 5.91 Å². The van der Waals surface area contributed by atoms with Crippen molar-refractivity contribution in [3.8, 4) is 0 Å². The summed E-state index contributed by atoms with van der Waals surface area (Å²) in [6.07, 6.45) is 3.67. The molecule has 7 nitrogen and oxygen atoms in total. The third-order valence-electron chi connectivity index (χ3n) is 4.01. The van der Waals surface area contributed by atoms with Crippen molar-refractivity contribution in [1.29, 1.82) is 0 Å². The first-order valence-corrected chi connectivity index (χ1v) is 9.74. The second-order valence-corrected chi connectivity index (χ2v) is 7.53. The van der Waals surface area contributed by atoms with Crippen LogP contribution in [-0.2, 0) is 9.53 Å². The van der Waals surface area contributed by atoms with Crippen LogP contribution in [0.4, 0.5) is 4.79 Å². The SMILES string of the molecule is CC(OC(=O)c1nc(Cl)c(Cl)c(Cl)c1Cl)C(=O)NC(=O)NC1CCCCC1. The summed E-state index contributed by atoms with van der Waals surface area (Å²) in [7, 11) is 0. The van der Waals surface area contributed by atoms with Crippen molar-refractivity contribution in [2.45, 2.75) is 51.2 Å². The van der Waals surface area contributed by atoms with Crippen molar-refractivity contribution < 1.29 is 19.1 Å². The minimum Gasteiger partial charge on any atom is -0.448 e. The van der Waals surface area contributed by atoms with Crippen LogP contribution in [0.5, 0.6) is 0 Å². The molecule has 1 aliphatic rings. The minimum atomic E-state index is -1.28. The van der Waals surface area contributed by atoms with E-state index in [1.165, 1.54) is 6.92 Å². The maximum absolute atomic E-state index is 12.2. The van der Waals surface area contributed by atoms with E-state index in [1.54, 1.807) is 0 Å². The molecule has 1 aromatic heterocycles. The number of halogens is 4. The summed E-state index contributed by atoms with van der Waals surface area (Å²) >= 11 is 23.3. The number of nitrogens with one attached hydrogen (secondary N) is 2. The molecule has 1 atom stereocenters. The summed E-state index contributed by atoms with van der Waals surface area (Å²) in [6, 6.07) is -0.602. The van der Waals surface area contributed by atoms with Crippen molar-refractivity contribution >= 4 is 64.3 Å². The molecular formula is C16H17Cl4N3O4. The van der Waals surface area contributed by atoms with Crippen LogP contribution in [-0.4, -0.2) is 35.0 Å². The smallest absolute Gasteiger partial charge is 0.359 e. The molecule has 1 unspecified atom stereocenters. The minimum absolute atomic E-state index is 0.0331. The Labute approximate surface area is 176 Å². The van der Waals surface area contributed by atoms with Gasteiger partial charge in [0.15, 0.2) is 11.8 Å². The van der Waals surface area contributed by atoms with Crippen LogP contribution in [0, 0.1) is 0 Å². The van der Waals surface area contributed by atoms with Gasteiger partial charge < -0.3 is 10.1 Å². The van der Waals surface area contributed by atoms with Gasteiger partial charge in [0.05, 0.1) is 15.1 Å². The third-order valence-corrected chi connectivity index (χ3v) is 5.69. The van der Waals surface area contributed by atoms with Gasteiger partial charge in [-0.2, -0.15) is 0 Å². The Balaban J connectivity index is 1.93. The fraction of sp³-hybridized carbons (Fsp3) is 0.500. The Morgan fingerprint density at radius 1 is 1.04 bits per heavy atom.